The van der Waals surface area contributed by atoms with Gasteiger partial charge >= 0.3 is 0 Å². The topological polar surface area (TPSA) is 6.25 Å². The Kier molecular flexibility index (Phi) is 2.82. The van der Waals surface area contributed by atoms with Gasteiger partial charge in [0.1, 0.15) is 13.1 Å². The van der Waals surface area contributed by atoms with E-state index in [0.29, 0.717) is 0 Å². The Hall–Kier alpha value is -1.31. The van der Waals surface area contributed by atoms with Crippen molar-refractivity contribution in [3.05, 3.63) is 35.9 Å². The zero-order valence-corrected chi connectivity index (χ0v) is 8.69. The highest BCUT2D eigenvalue weighted by atomic mass is 15.2. The van der Waals surface area contributed by atoms with E-state index in [4.69, 9.17) is 0 Å². The van der Waals surface area contributed by atoms with Gasteiger partial charge in [-0.15, -0.1) is 0 Å². The van der Waals surface area contributed by atoms with E-state index in [2.05, 4.69) is 53.2 Å². The number of nitrogens with zero attached hydrogens (tertiary/aromatic N) is 2. The molecule has 0 amide bonds. The van der Waals surface area contributed by atoms with Crippen molar-refractivity contribution in [3.8, 4) is 0 Å². The van der Waals surface area contributed by atoms with E-state index in [0.717, 1.165) is 19.5 Å². The fourth-order valence-corrected chi connectivity index (χ4v) is 1.77. The number of rotatable bonds is 3. The molecule has 1 aromatic carbocycles. The molecule has 1 aliphatic heterocycles. The van der Waals surface area contributed by atoms with Gasteiger partial charge in [0.2, 0.25) is 6.34 Å². The van der Waals surface area contributed by atoms with Crippen molar-refractivity contribution in [2.45, 2.75) is 6.42 Å². The van der Waals surface area contributed by atoms with E-state index < -0.39 is 0 Å². The van der Waals surface area contributed by atoms with Crippen LogP contribution in [0.15, 0.2) is 30.3 Å². The molecule has 0 aliphatic carbocycles. The molecule has 0 aromatic heterocycles. The number of hydrogen-bond donors (Lipinski definition) is 0. The van der Waals surface area contributed by atoms with Crippen molar-refractivity contribution >= 4 is 6.34 Å². The van der Waals surface area contributed by atoms with Gasteiger partial charge in [-0.05, 0) is 5.56 Å². The van der Waals surface area contributed by atoms with E-state index in [1.54, 1.807) is 0 Å². The number of benzene rings is 1. The smallest absolute Gasteiger partial charge is 0.234 e. The van der Waals surface area contributed by atoms with E-state index in [-0.39, 0.29) is 0 Å². The van der Waals surface area contributed by atoms with Crippen molar-refractivity contribution in [2.24, 2.45) is 0 Å². The zero-order valence-electron chi connectivity index (χ0n) is 8.69. The third kappa shape index (κ3) is 2.34. The molecule has 0 N–H and O–H groups in total. The van der Waals surface area contributed by atoms with Crippen molar-refractivity contribution < 1.29 is 4.58 Å². The minimum absolute atomic E-state index is 1.13. The van der Waals surface area contributed by atoms with Gasteiger partial charge < -0.3 is 0 Å². The summed E-state index contributed by atoms with van der Waals surface area (Å²) in [5, 5.41) is 0. The van der Waals surface area contributed by atoms with Gasteiger partial charge in [0.15, 0.2) is 0 Å². The summed E-state index contributed by atoms with van der Waals surface area (Å²) in [6, 6.07) is 10.7. The highest BCUT2D eigenvalue weighted by Gasteiger charge is 2.15. The molecule has 0 spiro atoms. The lowest BCUT2D eigenvalue weighted by molar-refractivity contribution is -0.482. The van der Waals surface area contributed by atoms with Gasteiger partial charge in [-0.1, -0.05) is 30.3 Å². The maximum absolute atomic E-state index is 2.38. The lowest BCUT2D eigenvalue weighted by Crippen LogP contribution is -2.22. The Labute approximate surface area is 85.5 Å². The first-order valence-electron chi connectivity index (χ1n) is 5.18. The molecule has 1 aromatic rings. The Balaban J connectivity index is 1.84. The van der Waals surface area contributed by atoms with Crippen LogP contribution in [0.3, 0.4) is 0 Å². The molecular weight excluding hydrogens is 172 g/mol. The van der Waals surface area contributed by atoms with Crippen LogP contribution in [-0.4, -0.2) is 42.5 Å². The maximum atomic E-state index is 2.38. The summed E-state index contributed by atoms with van der Waals surface area (Å²) in [7, 11) is 2.13. The van der Waals surface area contributed by atoms with Crippen LogP contribution in [0, 0.1) is 0 Å². The standard InChI is InChI=1S/C12H17N2/c1-13-9-10-14(11-13)8-7-12-5-3-2-4-6-12/h2-6,11H,7-10H2,1H3/q+1. The molecule has 2 rings (SSSR count). The van der Waals surface area contributed by atoms with Gasteiger partial charge in [0.05, 0.1) is 13.6 Å². The predicted molar refractivity (Wildman–Crippen MR) is 58.8 cm³/mol. The molecule has 0 saturated carbocycles. The summed E-state index contributed by atoms with van der Waals surface area (Å²) >= 11 is 0. The van der Waals surface area contributed by atoms with Crippen molar-refractivity contribution in [1.29, 1.82) is 0 Å². The van der Waals surface area contributed by atoms with E-state index in [9.17, 15) is 0 Å². The Morgan fingerprint density at radius 2 is 2.07 bits per heavy atom. The number of likely N-dealkylation sites (N-methyl/N-ethyl adjacent to an activating group) is 1. The van der Waals surface area contributed by atoms with Crippen LogP contribution in [0.1, 0.15) is 5.56 Å². The summed E-state index contributed by atoms with van der Waals surface area (Å²) in [5.41, 5.74) is 1.43. The second-order valence-corrected chi connectivity index (χ2v) is 3.87. The van der Waals surface area contributed by atoms with Crippen LogP contribution in [0.2, 0.25) is 0 Å². The minimum Gasteiger partial charge on any atom is -0.267 e. The van der Waals surface area contributed by atoms with Crippen molar-refractivity contribution in [1.82, 2.24) is 4.90 Å². The van der Waals surface area contributed by atoms with E-state index in [1.165, 1.54) is 12.1 Å². The first-order valence-corrected chi connectivity index (χ1v) is 5.18. The average molecular weight is 189 g/mol. The lowest BCUT2D eigenvalue weighted by Gasteiger charge is -2.06. The van der Waals surface area contributed by atoms with Crippen LogP contribution in [0.5, 0.6) is 0 Å². The Morgan fingerprint density at radius 1 is 1.29 bits per heavy atom. The van der Waals surface area contributed by atoms with Crippen molar-refractivity contribution in [2.75, 3.05) is 26.7 Å². The quantitative estimate of drug-likeness (QED) is 0.648. The average Bonchev–Trinajstić information content (AvgIpc) is 2.63. The molecule has 0 atom stereocenters. The molecular formula is C12H17N2+. The summed E-state index contributed by atoms with van der Waals surface area (Å²) in [5.74, 6) is 0. The summed E-state index contributed by atoms with van der Waals surface area (Å²) in [4.78, 5) is 2.38. The lowest BCUT2D eigenvalue weighted by atomic mass is 10.1. The van der Waals surface area contributed by atoms with Gasteiger partial charge in [0.25, 0.3) is 0 Å². The second-order valence-electron chi connectivity index (χ2n) is 3.87. The molecule has 1 aliphatic rings. The molecule has 0 saturated heterocycles. The third-order valence-corrected chi connectivity index (χ3v) is 2.63. The van der Waals surface area contributed by atoms with Crippen LogP contribution in [-0.2, 0) is 6.42 Å². The first-order chi connectivity index (χ1) is 6.84. The normalized spacial score (nSPS) is 15.8. The fraction of sp³-hybridized carbons (Fsp3) is 0.417. The fourth-order valence-electron chi connectivity index (χ4n) is 1.77. The van der Waals surface area contributed by atoms with Crippen molar-refractivity contribution in [3.63, 3.8) is 0 Å². The van der Waals surface area contributed by atoms with Crippen LogP contribution < -0.4 is 0 Å². The Bertz CT molecular complexity index is 316. The first kappa shape index (κ1) is 9.25. The van der Waals surface area contributed by atoms with E-state index >= 15 is 0 Å². The number of hydrogen-bond acceptors (Lipinski definition) is 1. The monoisotopic (exact) mass is 189 g/mol. The third-order valence-electron chi connectivity index (χ3n) is 2.63. The van der Waals surface area contributed by atoms with Crippen LogP contribution in [0.25, 0.3) is 0 Å². The minimum atomic E-state index is 1.13. The molecule has 0 radical (unpaired) electrons. The molecule has 0 fully saturated rings. The summed E-state index contributed by atoms with van der Waals surface area (Å²) in [6.07, 6.45) is 3.36. The SMILES string of the molecule is C[N+]1=CN(CCc2ccccc2)CC1. The van der Waals surface area contributed by atoms with Gasteiger partial charge in [0, 0.05) is 6.42 Å². The van der Waals surface area contributed by atoms with Crippen LogP contribution >= 0.6 is 0 Å². The molecule has 1 heterocycles. The molecule has 0 unspecified atom stereocenters. The largest absolute Gasteiger partial charge is 0.267 e. The van der Waals surface area contributed by atoms with Gasteiger partial charge in [-0.25, -0.2) is 0 Å². The highest BCUT2D eigenvalue weighted by molar-refractivity contribution is 5.50. The molecule has 14 heavy (non-hydrogen) atoms. The predicted octanol–water partition coefficient (Wildman–Crippen LogP) is 1.22. The van der Waals surface area contributed by atoms with E-state index in [1.807, 2.05) is 0 Å². The second kappa shape index (κ2) is 4.27. The summed E-state index contributed by atoms with van der Waals surface area (Å²) < 4.78 is 2.24. The maximum Gasteiger partial charge on any atom is 0.234 e. The summed E-state index contributed by atoms with van der Waals surface area (Å²) in [6.45, 7) is 3.46. The Morgan fingerprint density at radius 3 is 2.71 bits per heavy atom. The highest BCUT2D eigenvalue weighted by Crippen LogP contribution is 2.01. The molecule has 2 nitrogen and oxygen atoms in total. The zero-order chi connectivity index (χ0) is 9.80. The van der Waals surface area contributed by atoms with Gasteiger partial charge in [-0.3, -0.25) is 9.48 Å². The van der Waals surface area contributed by atoms with Gasteiger partial charge in [-0.2, -0.15) is 0 Å². The molecule has 74 valence electrons. The van der Waals surface area contributed by atoms with Crippen LogP contribution in [0.4, 0.5) is 0 Å². The molecule has 0 bridgehead atoms. The molecule has 2 heteroatoms.